The topological polar surface area (TPSA) is 120 Å². The minimum Gasteiger partial charge on any atom is -0.542 e. The minimum absolute atomic E-state index is 0. The fraction of sp³-hybridized carbons (Fsp3) is 0.0714. The van der Waals surface area contributed by atoms with Gasteiger partial charge in [-0.1, -0.05) is 182 Å². The van der Waals surface area contributed by atoms with Gasteiger partial charge in [0.25, 0.3) is 0 Å². The Balaban J connectivity index is 0.000000800. The molecule has 0 fully saturated rings. The quantitative estimate of drug-likeness (QED) is 0.139. The molecule has 0 aliphatic heterocycles. The van der Waals surface area contributed by atoms with Crippen LogP contribution in [-0.2, 0) is 33.9 Å². The zero-order valence-electron chi connectivity index (χ0n) is 31.0. The molecule has 0 spiro atoms. The van der Waals surface area contributed by atoms with Gasteiger partial charge >= 0.3 is 38.0 Å². The third kappa shape index (κ3) is 21.7. The summed E-state index contributed by atoms with van der Waals surface area (Å²) < 4.78 is 94.6. The Morgan fingerprint density at radius 1 is 0.311 bits per heavy atom. The van der Waals surface area contributed by atoms with E-state index in [9.17, 15) is 39.5 Å². The van der Waals surface area contributed by atoms with E-state index in [0.717, 1.165) is 0 Å². The van der Waals surface area contributed by atoms with Crippen molar-refractivity contribution in [3.8, 4) is 0 Å². The van der Waals surface area contributed by atoms with Gasteiger partial charge in [0.2, 0.25) is 0 Å². The van der Waals surface area contributed by atoms with Crippen molar-refractivity contribution in [2.24, 2.45) is 0 Å². The molecule has 320 valence electrons. The second-order valence-corrected chi connectivity index (χ2v) is 15.5. The number of carboxylic acid groups (broad SMARTS) is 3. The average Bonchev–Trinajstić information content (AvgIpc) is 3.21. The molecular formula is C42H30F9O6P2RuTl-2. The van der Waals surface area contributed by atoms with Gasteiger partial charge in [-0.25, -0.2) is 0 Å². The van der Waals surface area contributed by atoms with Crippen molar-refractivity contribution >= 4 is 92.9 Å². The van der Waals surface area contributed by atoms with Gasteiger partial charge in [-0.3, -0.25) is 0 Å². The molecule has 6 nitrogen and oxygen atoms in total. The molecule has 0 saturated carbocycles. The van der Waals surface area contributed by atoms with Gasteiger partial charge in [0.15, 0.2) is 0 Å². The van der Waals surface area contributed by atoms with Crippen molar-refractivity contribution in [3.05, 3.63) is 182 Å². The van der Waals surface area contributed by atoms with Crippen molar-refractivity contribution < 1.29 is 88.7 Å². The Morgan fingerprint density at radius 3 is 0.492 bits per heavy atom. The van der Waals surface area contributed by atoms with Crippen LogP contribution in [0.25, 0.3) is 0 Å². The molecule has 2 radical (unpaired) electrons. The van der Waals surface area contributed by atoms with Crippen LogP contribution in [-0.4, -0.2) is 63.7 Å². The molecule has 6 aromatic carbocycles. The summed E-state index contributed by atoms with van der Waals surface area (Å²) in [6.45, 7) is 0. The molecule has 0 heterocycles. The van der Waals surface area contributed by atoms with Crippen LogP contribution in [0.3, 0.4) is 0 Å². The van der Waals surface area contributed by atoms with Crippen LogP contribution in [0.2, 0.25) is 0 Å². The zero-order chi connectivity index (χ0) is 44.1. The van der Waals surface area contributed by atoms with E-state index in [2.05, 4.69) is 182 Å². The zero-order valence-corrected chi connectivity index (χ0v) is 39.0. The van der Waals surface area contributed by atoms with Gasteiger partial charge < -0.3 is 29.7 Å². The van der Waals surface area contributed by atoms with Crippen LogP contribution in [0.4, 0.5) is 39.5 Å². The first-order valence-electron chi connectivity index (χ1n) is 16.5. The normalized spacial score (nSPS) is 10.5. The maximum atomic E-state index is 10.5. The first kappa shape index (κ1) is 56.5. The summed E-state index contributed by atoms with van der Waals surface area (Å²) in [4.78, 5) is 26.4. The number of rotatable bonds is 6. The number of halogens is 9. The fourth-order valence-electron chi connectivity index (χ4n) is 4.36. The Kier molecular flexibility index (Phi) is 26.1. The first-order valence-corrected chi connectivity index (χ1v) is 19.2. The molecule has 0 aliphatic rings. The molecule has 61 heavy (non-hydrogen) atoms. The number of benzene rings is 6. The van der Waals surface area contributed by atoms with Crippen molar-refractivity contribution in [1.29, 1.82) is 0 Å². The van der Waals surface area contributed by atoms with E-state index in [4.69, 9.17) is 29.7 Å². The average molecular weight is 1170 g/mol. The molecule has 6 aromatic rings. The second kappa shape index (κ2) is 28.2. The largest absolute Gasteiger partial charge is 1.00 e. The Bertz CT molecular complexity index is 1760. The second-order valence-electron chi connectivity index (χ2n) is 11.0. The van der Waals surface area contributed by atoms with Crippen molar-refractivity contribution in [2.45, 2.75) is 18.5 Å². The van der Waals surface area contributed by atoms with Crippen molar-refractivity contribution in [1.82, 2.24) is 0 Å². The van der Waals surface area contributed by atoms with E-state index in [1.165, 1.54) is 31.8 Å². The van der Waals surface area contributed by atoms with Gasteiger partial charge in [-0.15, -0.1) is 0 Å². The van der Waals surface area contributed by atoms with Gasteiger partial charge in [0, 0.05) is 27.3 Å². The summed E-state index contributed by atoms with van der Waals surface area (Å²) in [6, 6.07) is 64.7. The van der Waals surface area contributed by atoms with Crippen LogP contribution < -0.4 is 47.1 Å². The molecule has 0 bridgehead atoms. The summed E-state index contributed by atoms with van der Waals surface area (Å²) in [5.74, 6) is -9.02. The van der Waals surface area contributed by atoms with Crippen LogP contribution in [0.5, 0.6) is 0 Å². The molecule has 0 aliphatic carbocycles. The van der Waals surface area contributed by atoms with Gasteiger partial charge in [0.05, 0.1) is 0 Å². The fourth-order valence-corrected chi connectivity index (χ4v) is 8.97. The molecule has 0 amide bonds. The predicted octanol–water partition coefficient (Wildman–Crippen LogP) is 4.40. The van der Waals surface area contributed by atoms with Crippen LogP contribution in [0, 0.1) is 0 Å². The number of aliphatic carboxylic acids is 3. The molecule has 0 aromatic heterocycles. The van der Waals surface area contributed by atoms with E-state index >= 15 is 0 Å². The number of carboxylic acids is 3. The summed E-state index contributed by atoms with van der Waals surface area (Å²) in [5.41, 5.74) is 0. The SMILES string of the molecule is O=C([O-])C(F)(F)F.O=C([O-])C(F)(F)F.O=C([O-])C(F)(F)F.[Ru+].[Tl].c1ccc(P(c2ccccc2)c2ccccc2)cc1.c1ccc(P(c2ccccc2)c2ccccc2)cc1. The van der Waals surface area contributed by atoms with Crippen LogP contribution in [0.1, 0.15) is 0 Å². The van der Waals surface area contributed by atoms with E-state index in [1.807, 2.05) is 0 Å². The van der Waals surface area contributed by atoms with Gasteiger partial charge in [-0.2, -0.15) is 39.5 Å². The third-order valence-electron chi connectivity index (χ3n) is 6.78. The Hall–Kier alpha value is -4.49. The first-order chi connectivity index (χ1) is 27.7. The van der Waals surface area contributed by atoms with Crippen molar-refractivity contribution in [3.63, 3.8) is 0 Å². The maximum absolute atomic E-state index is 10.5. The third-order valence-corrected chi connectivity index (χ3v) is 11.7. The standard InChI is InChI=1S/2C18H15P.3C2HF3O2.Ru.Tl/c2*1-4-10-16(11-5-1)19(17-12-6-2-7-13-17)18-14-8-3-9-15-18;3*3-2(4,5)1(6)7;;/h2*1-15H;3*(H,6,7);;/q;;;;;+1;/p-3. The van der Waals surface area contributed by atoms with E-state index in [1.54, 1.807) is 0 Å². The molecule has 6 rings (SSSR count). The van der Waals surface area contributed by atoms with E-state index < -0.39 is 52.3 Å². The number of carbonyl (C=O) groups excluding carboxylic acids is 3. The minimum atomic E-state index is -5.19. The molecule has 0 unspecified atom stereocenters. The molecule has 0 N–H and O–H groups in total. The van der Waals surface area contributed by atoms with Crippen molar-refractivity contribution in [2.75, 3.05) is 0 Å². The number of hydrogen-bond acceptors (Lipinski definition) is 6. The van der Waals surface area contributed by atoms with Gasteiger partial charge in [-0.05, 0) is 47.7 Å². The van der Waals surface area contributed by atoms with Gasteiger partial charge in [0.1, 0.15) is 17.9 Å². The molecule has 19 heteroatoms. The summed E-state index contributed by atoms with van der Waals surface area (Å²) in [7, 11) is -0.892. The predicted molar refractivity (Wildman–Crippen MR) is 209 cm³/mol. The van der Waals surface area contributed by atoms with Crippen LogP contribution in [0.15, 0.2) is 182 Å². The number of hydrogen-bond donors (Lipinski definition) is 0. The summed E-state index contributed by atoms with van der Waals surface area (Å²) in [6.07, 6.45) is -15.6. The molecule has 0 atom stereocenters. The van der Waals surface area contributed by atoms with E-state index in [-0.39, 0.29) is 46.8 Å². The summed E-state index contributed by atoms with van der Waals surface area (Å²) >= 11 is 0. The number of alkyl halides is 9. The Labute approximate surface area is 379 Å². The summed E-state index contributed by atoms with van der Waals surface area (Å²) in [5, 5.41) is 34.7. The van der Waals surface area contributed by atoms with E-state index in [0.29, 0.717) is 0 Å². The van der Waals surface area contributed by atoms with Crippen LogP contribution >= 0.6 is 15.8 Å². The smallest absolute Gasteiger partial charge is 0.542 e. The Morgan fingerprint density at radius 2 is 0.410 bits per heavy atom. The number of carbonyl (C=O) groups is 3. The molecule has 0 saturated heterocycles. The maximum Gasteiger partial charge on any atom is 1.00 e. The monoisotopic (exact) mass is 1170 g/mol. The molecular weight excluding hydrogens is 1140 g/mol.